The molecule has 21 heavy (non-hydrogen) atoms. The Morgan fingerprint density at radius 2 is 1.90 bits per heavy atom. The number of benzene rings is 1. The van der Waals surface area contributed by atoms with E-state index in [-0.39, 0.29) is 0 Å². The number of amidine groups is 1. The summed E-state index contributed by atoms with van der Waals surface area (Å²) in [6, 6.07) is 8.21. The topological polar surface area (TPSA) is 65.6 Å². The summed E-state index contributed by atoms with van der Waals surface area (Å²) in [4.78, 5) is 4.89. The number of ether oxygens (including phenoxy) is 1. The smallest absolute Gasteiger partial charge is 0.142 e. The van der Waals surface area contributed by atoms with Crippen molar-refractivity contribution in [3.8, 4) is 5.75 Å². The molecule has 0 saturated carbocycles. The molecule has 0 bridgehead atoms. The molecule has 5 heteroatoms. The van der Waals surface area contributed by atoms with Crippen LogP contribution in [0.15, 0.2) is 24.3 Å². The zero-order valence-electron chi connectivity index (χ0n) is 12.8. The zero-order valence-corrected chi connectivity index (χ0v) is 12.8. The molecule has 1 aromatic rings. The Morgan fingerprint density at radius 3 is 2.57 bits per heavy atom. The van der Waals surface area contributed by atoms with Gasteiger partial charge in [0.2, 0.25) is 0 Å². The number of hydrogen-bond donors (Lipinski definition) is 2. The van der Waals surface area contributed by atoms with Crippen molar-refractivity contribution in [2.45, 2.75) is 19.3 Å². The van der Waals surface area contributed by atoms with E-state index in [1.165, 1.54) is 5.69 Å². The van der Waals surface area contributed by atoms with Gasteiger partial charge in [-0.05, 0) is 31.5 Å². The van der Waals surface area contributed by atoms with Crippen molar-refractivity contribution in [1.29, 1.82) is 5.41 Å². The lowest BCUT2D eigenvalue weighted by Gasteiger charge is -2.36. The van der Waals surface area contributed by atoms with Gasteiger partial charge in [0.15, 0.2) is 0 Å². The van der Waals surface area contributed by atoms with Gasteiger partial charge in [-0.25, -0.2) is 0 Å². The lowest BCUT2D eigenvalue weighted by Crippen LogP contribution is -2.46. The Bertz CT molecular complexity index is 455. The monoisotopic (exact) mass is 290 g/mol. The van der Waals surface area contributed by atoms with Crippen molar-refractivity contribution in [3.05, 3.63) is 24.3 Å². The number of para-hydroxylation sites is 2. The molecule has 0 aliphatic carbocycles. The number of methoxy groups -OCH3 is 1. The quantitative estimate of drug-likeness (QED) is 0.457. The van der Waals surface area contributed by atoms with Crippen LogP contribution in [-0.2, 0) is 0 Å². The molecule has 1 heterocycles. The maximum Gasteiger partial charge on any atom is 0.142 e. The second-order valence-corrected chi connectivity index (χ2v) is 5.48. The first-order valence-corrected chi connectivity index (χ1v) is 7.64. The molecule has 1 aromatic carbocycles. The summed E-state index contributed by atoms with van der Waals surface area (Å²) in [5.41, 5.74) is 6.56. The minimum Gasteiger partial charge on any atom is -0.495 e. The largest absolute Gasteiger partial charge is 0.495 e. The molecule has 1 fully saturated rings. The summed E-state index contributed by atoms with van der Waals surface area (Å²) in [6.07, 6.45) is 2.86. The standard InChI is InChI=1S/C16H26N4O/c1-21-15-7-3-2-6-14(15)20-12-10-19(11-13-20)9-5-4-8-16(17)18/h2-3,6-7H,4-5,8-13H2,1H3,(H3,17,18). The third-order valence-corrected chi connectivity index (χ3v) is 3.97. The Hall–Kier alpha value is -1.75. The number of nitrogens with zero attached hydrogens (tertiary/aromatic N) is 2. The van der Waals surface area contributed by atoms with Gasteiger partial charge in [0.25, 0.3) is 0 Å². The molecule has 0 unspecified atom stereocenters. The molecule has 1 aliphatic rings. The average molecular weight is 290 g/mol. The van der Waals surface area contributed by atoms with Gasteiger partial charge in [0.05, 0.1) is 18.6 Å². The lowest BCUT2D eigenvalue weighted by atomic mass is 10.2. The van der Waals surface area contributed by atoms with E-state index in [0.717, 1.165) is 57.7 Å². The van der Waals surface area contributed by atoms with Crippen LogP contribution in [0.5, 0.6) is 5.75 Å². The summed E-state index contributed by atoms with van der Waals surface area (Å²) in [5, 5.41) is 7.22. The molecule has 0 spiro atoms. The predicted molar refractivity (Wildman–Crippen MR) is 87.4 cm³/mol. The number of unbranched alkanes of at least 4 members (excludes halogenated alkanes) is 1. The Morgan fingerprint density at radius 1 is 1.19 bits per heavy atom. The number of hydrogen-bond acceptors (Lipinski definition) is 4. The summed E-state index contributed by atoms with van der Waals surface area (Å²) in [6.45, 7) is 5.34. The van der Waals surface area contributed by atoms with E-state index in [9.17, 15) is 0 Å². The van der Waals surface area contributed by atoms with E-state index >= 15 is 0 Å². The van der Waals surface area contributed by atoms with E-state index in [4.69, 9.17) is 15.9 Å². The Kier molecular flexibility index (Phi) is 5.87. The fourth-order valence-electron chi connectivity index (χ4n) is 2.75. The van der Waals surface area contributed by atoms with Crippen molar-refractivity contribution >= 4 is 11.5 Å². The van der Waals surface area contributed by atoms with Gasteiger partial charge < -0.3 is 15.4 Å². The number of anilines is 1. The van der Waals surface area contributed by atoms with Gasteiger partial charge in [-0.15, -0.1) is 0 Å². The molecule has 2 rings (SSSR count). The van der Waals surface area contributed by atoms with Crippen molar-refractivity contribution in [2.75, 3.05) is 44.7 Å². The van der Waals surface area contributed by atoms with Crippen molar-refractivity contribution in [1.82, 2.24) is 4.90 Å². The molecule has 1 saturated heterocycles. The SMILES string of the molecule is COc1ccccc1N1CCN(CCCCC(=N)N)CC1. The van der Waals surface area contributed by atoms with E-state index in [1.807, 2.05) is 12.1 Å². The molecule has 0 amide bonds. The summed E-state index contributed by atoms with van der Waals surface area (Å²) in [5.74, 6) is 1.25. The van der Waals surface area contributed by atoms with Gasteiger partial charge in [0, 0.05) is 32.6 Å². The summed E-state index contributed by atoms with van der Waals surface area (Å²) in [7, 11) is 1.73. The molecular weight excluding hydrogens is 264 g/mol. The average Bonchev–Trinajstić information content (AvgIpc) is 2.52. The molecule has 116 valence electrons. The van der Waals surface area contributed by atoms with Crippen LogP contribution in [0.4, 0.5) is 5.69 Å². The number of nitrogens with two attached hydrogens (primary N) is 1. The van der Waals surface area contributed by atoms with Crippen LogP contribution in [-0.4, -0.2) is 50.6 Å². The van der Waals surface area contributed by atoms with Crippen LogP contribution in [0.25, 0.3) is 0 Å². The minimum absolute atomic E-state index is 0.302. The molecule has 5 nitrogen and oxygen atoms in total. The normalized spacial score (nSPS) is 16.0. The molecule has 3 N–H and O–H groups in total. The molecule has 1 aliphatic heterocycles. The van der Waals surface area contributed by atoms with Gasteiger partial charge >= 0.3 is 0 Å². The van der Waals surface area contributed by atoms with Crippen LogP contribution < -0.4 is 15.4 Å². The maximum atomic E-state index is 7.22. The summed E-state index contributed by atoms with van der Waals surface area (Å²) >= 11 is 0. The minimum atomic E-state index is 0.302. The number of rotatable bonds is 7. The maximum absolute atomic E-state index is 7.22. The van der Waals surface area contributed by atoms with E-state index in [2.05, 4.69) is 21.9 Å². The van der Waals surface area contributed by atoms with Gasteiger partial charge in [-0.3, -0.25) is 10.3 Å². The van der Waals surface area contributed by atoms with Crippen molar-refractivity contribution in [2.24, 2.45) is 5.73 Å². The first kappa shape index (κ1) is 15.6. The molecule has 0 atom stereocenters. The van der Waals surface area contributed by atoms with Crippen LogP contribution in [0.3, 0.4) is 0 Å². The molecule has 0 radical (unpaired) electrons. The van der Waals surface area contributed by atoms with Crippen LogP contribution in [0.2, 0.25) is 0 Å². The first-order valence-electron chi connectivity index (χ1n) is 7.64. The number of nitrogens with one attached hydrogen (secondary N) is 1. The summed E-state index contributed by atoms with van der Waals surface area (Å²) < 4.78 is 5.44. The highest BCUT2D eigenvalue weighted by atomic mass is 16.5. The van der Waals surface area contributed by atoms with Crippen LogP contribution in [0.1, 0.15) is 19.3 Å². The van der Waals surface area contributed by atoms with Gasteiger partial charge in [-0.2, -0.15) is 0 Å². The zero-order chi connectivity index (χ0) is 15.1. The number of piperazine rings is 1. The van der Waals surface area contributed by atoms with Crippen LogP contribution >= 0.6 is 0 Å². The third-order valence-electron chi connectivity index (χ3n) is 3.97. The highest BCUT2D eigenvalue weighted by Crippen LogP contribution is 2.28. The van der Waals surface area contributed by atoms with Crippen molar-refractivity contribution < 1.29 is 4.74 Å². The third kappa shape index (κ3) is 4.63. The molecule has 0 aromatic heterocycles. The van der Waals surface area contributed by atoms with Crippen molar-refractivity contribution in [3.63, 3.8) is 0 Å². The second kappa shape index (κ2) is 7.88. The fraction of sp³-hybridized carbons (Fsp3) is 0.562. The highest BCUT2D eigenvalue weighted by molar-refractivity contribution is 5.76. The van der Waals surface area contributed by atoms with Crippen LogP contribution in [0, 0.1) is 5.41 Å². The second-order valence-electron chi connectivity index (χ2n) is 5.48. The Balaban J connectivity index is 1.76. The van der Waals surface area contributed by atoms with Gasteiger partial charge in [-0.1, -0.05) is 12.1 Å². The molecular formula is C16H26N4O. The first-order chi connectivity index (χ1) is 10.2. The fourth-order valence-corrected chi connectivity index (χ4v) is 2.75. The lowest BCUT2D eigenvalue weighted by molar-refractivity contribution is 0.252. The van der Waals surface area contributed by atoms with Gasteiger partial charge in [0.1, 0.15) is 5.75 Å². The van der Waals surface area contributed by atoms with E-state index in [0.29, 0.717) is 5.84 Å². The highest BCUT2D eigenvalue weighted by Gasteiger charge is 2.18. The Labute approximate surface area is 127 Å². The predicted octanol–water partition coefficient (Wildman–Crippen LogP) is 1.92. The van der Waals surface area contributed by atoms with E-state index in [1.54, 1.807) is 7.11 Å². The van der Waals surface area contributed by atoms with E-state index < -0.39 is 0 Å².